The molecule has 180 valence electrons. The van der Waals surface area contributed by atoms with Crippen LogP contribution in [0.25, 0.3) is 0 Å². The van der Waals surface area contributed by atoms with E-state index in [9.17, 15) is 13.2 Å². The summed E-state index contributed by atoms with van der Waals surface area (Å²) in [6.45, 7) is 4.25. The SMILES string of the molecule is COc1ccccc1CN1C=C(C(=O)NC2CCN(Cc3ccccc3)CC2)C(C)=NS1(=O)=O. The summed E-state index contributed by atoms with van der Waals surface area (Å²) < 4.78 is 35.6. The molecule has 0 aromatic heterocycles. The maximum atomic E-state index is 13.1. The summed E-state index contributed by atoms with van der Waals surface area (Å²) in [5, 5.41) is 3.08. The maximum Gasteiger partial charge on any atom is 0.344 e. The van der Waals surface area contributed by atoms with E-state index < -0.39 is 10.2 Å². The minimum absolute atomic E-state index is 0.0256. The van der Waals surface area contributed by atoms with Crippen LogP contribution in [0.5, 0.6) is 5.75 Å². The molecule has 0 spiro atoms. The molecule has 0 aliphatic carbocycles. The molecular formula is C25H30N4O4S. The van der Waals surface area contributed by atoms with Gasteiger partial charge in [-0.3, -0.25) is 14.0 Å². The molecule has 2 heterocycles. The lowest BCUT2D eigenvalue weighted by Crippen LogP contribution is -2.46. The van der Waals surface area contributed by atoms with Crippen molar-refractivity contribution in [2.45, 2.75) is 38.9 Å². The number of amides is 1. The molecule has 1 amide bonds. The van der Waals surface area contributed by atoms with Crippen LogP contribution in [0.2, 0.25) is 0 Å². The monoisotopic (exact) mass is 482 g/mol. The van der Waals surface area contributed by atoms with Crippen molar-refractivity contribution in [2.24, 2.45) is 4.40 Å². The Morgan fingerprint density at radius 2 is 1.74 bits per heavy atom. The van der Waals surface area contributed by atoms with Gasteiger partial charge in [0, 0.05) is 37.4 Å². The van der Waals surface area contributed by atoms with Crippen molar-refractivity contribution < 1.29 is 17.9 Å². The third kappa shape index (κ3) is 5.66. The second-order valence-corrected chi connectivity index (χ2v) is 10.1. The number of para-hydroxylation sites is 1. The van der Waals surface area contributed by atoms with Gasteiger partial charge in [-0.1, -0.05) is 48.5 Å². The number of carbonyl (C=O) groups is 1. The number of methoxy groups -OCH3 is 1. The summed E-state index contributed by atoms with van der Waals surface area (Å²) in [6.07, 6.45) is 3.06. The largest absolute Gasteiger partial charge is 0.496 e. The molecule has 4 rings (SSSR count). The van der Waals surface area contributed by atoms with Gasteiger partial charge in [-0.15, -0.1) is 4.40 Å². The lowest BCUT2D eigenvalue weighted by atomic mass is 10.0. The van der Waals surface area contributed by atoms with Crippen molar-refractivity contribution in [3.05, 3.63) is 77.5 Å². The Labute approximate surface area is 201 Å². The van der Waals surface area contributed by atoms with Gasteiger partial charge in [0.2, 0.25) is 0 Å². The summed E-state index contributed by atoms with van der Waals surface area (Å²) in [5.74, 6) is 0.272. The molecule has 0 bridgehead atoms. The predicted octanol–water partition coefficient (Wildman–Crippen LogP) is 2.88. The molecule has 0 saturated carbocycles. The molecule has 1 fully saturated rings. The van der Waals surface area contributed by atoms with E-state index in [1.165, 1.54) is 18.9 Å². The van der Waals surface area contributed by atoms with Crippen LogP contribution >= 0.6 is 0 Å². The van der Waals surface area contributed by atoms with Crippen molar-refractivity contribution in [1.29, 1.82) is 0 Å². The van der Waals surface area contributed by atoms with Crippen molar-refractivity contribution >= 4 is 21.8 Å². The van der Waals surface area contributed by atoms with Crippen molar-refractivity contribution in [1.82, 2.24) is 14.5 Å². The van der Waals surface area contributed by atoms with Gasteiger partial charge >= 0.3 is 10.2 Å². The first-order valence-corrected chi connectivity index (χ1v) is 12.7. The highest BCUT2D eigenvalue weighted by molar-refractivity contribution is 7.88. The van der Waals surface area contributed by atoms with Crippen LogP contribution in [0.1, 0.15) is 30.9 Å². The number of rotatable bonds is 7. The summed E-state index contributed by atoms with van der Waals surface area (Å²) >= 11 is 0. The van der Waals surface area contributed by atoms with Crippen LogP contribution < -0.4 is 10.1 Å². The normalized spacial score (nSPS) is 18.7. The fourth-order valence-electron chi connectivity index (χ4n) is 4.27. The Morgan fingerprint density at radius 1 is 1.06 bits per heavy atom. The molecule has 2 aliphatic heterocycles. The van der Waals surface area contributed by atoms with E-state index in [0.29, 0.717) is 11.3 Å². The summed E-state index contributed by atoms with van der Waals surface area (Å²) in [4.78, 5) is 15.4. The highest BCUT2D eigenvalue weighted by Crippen LogP contribution is 2.25. The molecule has 34 heavy (non-hydrogen) atoms. The van der Waals surface area contributed by atoms with Crippen LogP contribution in [0.3, 0.4) is 0 Å². The molecule has 0 radical (unpaired) electrons. The molecule has 0 atom stereocenters. The Balaban J connectivity index is 1.40. The number of nitrogens with zero attached hydrogens (tertiary/aromatic N) is 3. The Hall–Kier alpha value is -3.17. The van der Waals surface area contributed by atoms with Crippen LogP contribution in [0, 0.1) is 0 Å². The fraction of sp³-hybridized carbons (Fsp3) is 0.360. The van der Waals surface area contributed by atoms with Gasteiger partial charge < -0.3 is 10.1 Å². The number of benzene rings is 2. The van der Waals surface area contributed by atoms with Crippen LogP contribution in [-0.2, 0) is 28.1 Å². The highest BCUT2D eigenvalue weighted by Gasteiger charge is 2.30. The maximum absolute atomic E-state index is 13.1. The predicted molar refractivity (Wildman–Crippen MR) is 132 cm³/mol. The lowest BCUT2D eigenvalue weighted by Gasteiger charge is -2.33. The Morgan fingerprint density at radius 3 is 2.44 bits per heavy atom. The zero-order valence-corrected chi connectivity index (χ0v) is 20.3. The van der Waals surface area contributed by atoms with E-state index in [0.717, 1.165) is 36.8 Å². The fourth-order valence-corrected chi connectivity index (χ4v) is 5.36. The molecule has 2 aromatic carbocycles. The average molecular weight is 483 g/mol. The molecule has 2 aliphatic rings. The van der Waals surface area contributed by atoms with E-state index in [-0.39, 0.29) is 29.8 Å². The van der Waals surface area contributed by atoms with Gasteiger partial charge in [0.05, 0.1) is 24.9 Å². The van der Waals surface area contributed by atoms with E-state index >= 15 is 0 Å². The zero-order valence-electron chi connectivity index (χ0n) is 19.5. The quantitative estimate of drug-likeness (QED) is 0.655. The summed E-state index contributed by atoms with van der Waals surface area (Å²) in [7, 11) is -2.40. The van der Waals surface area contributed by atoms with Gasteiger partial charge in [-0.05, 0) is 31.4 Å². The van der Waals surface area contributed by atoms with Gasteiger partial charge in [0.1, 0.15) is 5.75 Å². The first-order chi connectivity index (χ1) is 16.4. The number of likely N-dealkylation sites (tertiary alicyclic amines) is 1. The van der Waals surface area contributed by atoms with Crippen molar-refractivity contribution in [2.75, 3.05) is 20.2 Å². The van der Waals surface area contributed by atoms with E-state index in [1.54, 1.807) is 19.1 Å². The number of ether oxygens (including phenoxy) is 1. The van der Waals surface area contributed by atoms with Gasteiger partial charge in [0.25, 0.3) is 5.91 Å². The second-order valence-electron chi connectivity index (χ2n) is 8.56. The van der Waals surface area contributed by atoms with Gasteiger partial charge in [0.15, 0.2) is 0 Å². The van der Waals surface area contributed by atoms with Gasteiger partial charge in [-0.25, -0.2) is 0 Å². The van der Waals surface area contributed by atoms with Crippen LogP contribution in [0.4, 0.5) is 0 Å². The number of hydrogen-bond donors (Lipinski definition) is 1. The topological polar surface area (TPSA) is 91.3 Å². The third-order valence-electron chi connectivity index (χ3n) is 6.15. The smallest absolute Gasteiger partial charge is 0.344 e. The Kier molecular flexibility index (Phi) is 7.33. The van der Waals surface area contributed by atoms with E-state index in [4.69, 9.17) is 4.74 Å². The first kappa shape index (κ1) is 24.0. The molecule has 8 nitrogen and oxygen atoms in total. The lowest BCUT2D eigenvalue weighted by molar-refractivity contribution is -0.118. The molecule has 9 heteroatoms. The summed E-state index contributed by atoms with van der Waals surface area (Å²) in [5.41, 5.74) is 2.41. The second kappa shape index (κ2) is 10.4. The number of piperidine rings is 1. The average Bonchev–Trinajstić information content (AvgIpc) is 2.82. The molecule has 1 saturated heterocycles. The first-order valence-electron chi connectivity index (χ1n) is 11.4. The number of nitrogens with one attached hydrogen (secondary N) is 1. The highest BCUT2D eigenvalue weighted by atomic mass is 32.2. The van der Waals surface area contributed by atoms with Crippen LogP contribution in [-0.4, -0.2) is 55.5 Å². The molecular weight excluding hydrogens is 452 g/mol. The number of hydrogen-bond acceptors (Lipinski definition) is 5. The van der Waals surface area contributed by atoms with Crippen LogP contribution in [0.15, 0.2) is 70.8 Å². The van der Waals surface area contributed by atoms with E-state index in [1.807, 2.05) is 30.3 Å². The minimum Gasteiger partial charge on any atom is -0.496 e. The van der Waals surface area contributed by atoms with Crippen molar-refractivity contribution in [3.63, 3.8) is 0 Å². The number of carbonyl (C=O) groups excluding carboxylic acids is 1. The summed E-state index contributed by atoms with van der Waals surface area (Å²) in [6, 6.07) is 17.6. The van der Waals surface area contributed by atoms with Gasteiger partial charge in [-0.2, -0.15) is 8.42 Å². The third-order valence-corrected chi connectivity index (χ3v) is 7.48. The standard InChI is InChI=1S/C25H30N4O4S/c1-19-23(18-29(34(31,32)27-19)17-21-10-6-7-11-24(21)33-2)25(30)26-22-12-14-28(15-13-22)16-20-8-4-3-5-9-20/h3-11,18,22H,12-17H2,1-2H3,(H,26,30). The molecule has 0 unspecified atom stereocenters. The Bertz CT molecular complexity index is 1190. The minimum atomic E-state index is -3.93. The van der Waals surface area contributed by atoms with E-state index in [2.05, 4.69) is 26.7 Å². The van der Waals surface area contributed by atoms with Crippen molar-refractivity contribution in [3.8, 4) is 5.75 Å². The zero-order chi connectivity index (χ0) is 24.1. The molecule has 1 N–H and O–H groups in total. The molecule has 2 aromatic rings.